The van der Waals surface area contributed by atoms with E-state index >= 15 is 0 Å². The van der Waals surface area contributed by atoms with Crippen molar-refractivity contribution in [1.82, 2.24) is 4.98 Å². The molecule has 0 fully saturated rings. The number of nitro groups is 1. The van der Waals surface area contributed by atoms with Gasteiger partial charge in [0, 0.05) is 29.5 Å². The Labute approximate surface area is 108 Å². The molecule has 1 heterocycles. The first-order valence-corrected chi connectivity index (χ1v) is 5.42. The van der Waals surface area contributed by atoms with E-state index in [1.54, 1.807) is 0 Å². The van der Waals surface area contributed by atoms with Gasteiger partial charge in [-0.15, -0.1) is 0 Å². The number of carbonyl (C=O) groups excluding carboxylic acids is 1. The molecule has 1 aromatic heterocycles. The molecule has 0 spiro atoms. The number of rotatable bonds is 3. The predicted octanol–water partition coefficient (Wildman–Crippen LogP) is 2.66. The number of non-ortho nitro benzene ring substituents is 1. The van der Waals surface area contributed by atoms with Gasteiger partial charge in [0.25, 0.3) is 5.69 Å². The maximum atomic E-state index is 11.5. The Kier molecular flexibility index (Phi) is 3.12. The molecular formula is C13H9N3O3. The Morgan fingerprint density at radius 2 is 2.00 bits per heavy atom. The van der Waals surface area contributed by atoms with Crippen LogP contribution >= 0.6 is 0 Å². The second kappa shape index (κ2) is 4.74. The number of ketones is 1. The topological polar surface area (TPSA) is 99.8 Å². The summed E-state index contributed by atoms with van der Waals surface area (Å²) in [7, 11) is 0. The molecule has 6 nitrogen and oxygen atoms in total. The number of nitrogens with one attached hydrogen (secondary N) is 1. The van der Waals surface area contributed by atoms with Crippen LogP contribution in [0.4, 0.5) is 5.69 Å². The van der Waals surface area contributed by atoms with Gasteiger partial charge in [0.1, 0.15) is 11.8 Å². The number of Topliss-reactive ketones (excluding diaryl/α,β-unsaturated/α-hetero) is 1. The minimum absolute atomic E-state index is 0.0397. The molecule has 2 aromatic rings. The molecule has 0 amide bonds. The number of nitriles is 1. The van der Waals surface area contributed by atoms with Gasteiger partial charge in [-0.25, -0.2) is 0 Å². The molecule has 0 saturated heterocycles. The van der Waals surface area contributed by atoms with Gasteiger partial charge in [-0.1, -0.05) is 0 Å². The molecule has 1 N–H and O–H groups in total. The van der Waals surface area contributed by atoms with Gasteiger partial charge < -0.3 is 4.98 Å². The summed E-state index contributed by atoms with van der Waals surface area (Å²) in [6.45, 7) is 1.40. The highest BCUT2D eigenvalue weighted by Crippen LogP contribution is 2.29. The number of hydrogen-bond acceptors (Lipinski definition) is 4. The summed E-state index contributed by atoms with van der Waals surface area (Å²) < 4.78 is 0. The lowest BCUT2D eigenvalue weighted by atomic mass is 9.99. The molecule has 0 bridgehead atoms. The van der Waals surface area contributed by atoms with Crippen molar-refractivity contribution < 1.29 is 9.72 Å². The van der Waals surface area contributed by atoms with Crippen LogP contribution in [0.3, 0.4) is 0 Å². The molecule has 0 radical (unpaired) electrons. The van der Waals surface area contributed by atoms with Crippen molar-refractivity contribution in [3.05, 3.63) is 51.8 Å². The zero-order valence-corrected chi connectivity index (χ0v) is 10.0. The van der Waals surface area contributed by atoms with E-state index in [1.165, 1.54) is 37.4 Å². The maximum Gasteiger partial charge on any atom is 0.269 e. The Balaban J connectivity index is 2.58. The summed E-state index contributed by atoms with van der Waals surface area (Å²) in [5, 5.41) is 19.6. The van der Waals surface area contributed by atoms with Gasteiger partial charge in [-0.05, 0) is 24.6 Å². The zero-order valence-electron chi connectivity index (χ0n) is 10.0. The molecule has 0 aliphatic rings. The van der Waals surface area contributed by atoms with Crippen molar-refractivity contribution >= 4 is 11.5 Å². The lowest BCUT2D eigenvalue weighted by Crippen LogP contribution is -1.94. The first-order valence-electron chi connectivity index (χ1n) is 5.42. The SMILES string of the molecule is CC(=O)c1c[nH]c(C#N)c1-c1ccc([N+](=O)[O-])cc1. The van der Waals surface area contributed by atoms with Gasteiger partial charge in [0.2, 0.25) is 0 Å². The summed E-state index contributed by atoms with van der Waals surface area (Å²) in [5.41, 5.74) is 1.69. The fourth-order valence-corrected chi connectivity index (χ4v) is 1.84. The number of nitro benzene ring substituents is 1. The third-order valence-corrected chi connectivity index (χ3v) is 2.74. The molecular weight excluding hydrogens is 246 g/mol. The van der Waals surface area contributed by atoms with Gasteiger partial charge in [0.15, 0.2) is 5.78 Å². The largest absolute Gasteiger partial charge is 0.352 e. The van der Waals surface area contributed by atoms with Crippen LogP contribution < -0.4 is 0 Å². The molecule has 0 aliphatic heterocycles. The van der Waals surface area contributed by atoms with E-state index < -0.39 is 4.92 Å². The van der Waals surface area contributed by atoms with E-state index in [-0.39, 0.29) is 17.2 Å². The molecule has 0 saturated carbocycles. The van der Waals surface area contributed by atoms with E-state index in [0.29, 0.717) is 16.7 Å². The van der Waals surface area contributed by atoms with Crippen molar-refractivity contribution in [1.29, 1.82) is 5.26 Å². The number of aromatic nitrogens is 1. The Bertz CT molecular complexity index is 693. The minimum Gasteiger partial charge on any atom is -0.352 e. The molecule has 19 heavy (non-hydrogen) atoms. The van der Waals surface area contributed by atoms with Crippen LogP contribution in [0, 0.1) is 21.4 Å². The van der Waals surface area contributed by atoms with E-state index in [4.69, 9.17) is 5.26 Å². The Morgan fingerprint density at radius 1 is 1.37 bits per heavy atom. The fraction of sp³-hybridized carbons (Fsp3) is 0.0769. The zero-order chi connectivity index (χ0) is 14.0. The lowest BCUT2D eigenvalue weighted by Gasteiger charge is -2.02. The van der Waals surface area contributed by atoms with Crippen molar-refractivity contribution in [3.8, 4) is 17.2 Å². The van der Waals surface area contributed by atoms with Gasteiger partial charge in [-0.2, -0.15) is 5.26 Å². The fourth-order valence-electron chi connectivity index (χ4n) is 1.84. The maximum absolute atomic E-state index is 11.5. The number of hydrogen-bond donors (Lipinski definition) is 1. The molecule has 6 heteroatoms. The highest BCUT2D eigenvalue weighted by atomic mass is 16.6. The number of H-pyrrole nitrogens is 1. The molecule has 0 aliphatic carbocycles. The number of carbonyl (C=O) groups is 1. The molecule has 0 atom stereocenters. The van der Waals surface area contributed by atoms with Crippen LogP contribution in [0.1, 0.15) is 23.0 Å². The predicted molar refractivity (Wildman–Crippen MR) is 67.6 cm³/mol. The second-order valence-electron chi connectivity index (χ2n) is 3.92. The first kappa shape index (κ1) is 12.5. The summed E-state index contributed by atoms with van der Waals surface area (Å²) in [4.78, 5) is 24.3. The smallest absolute Gasteiger partial charge is 0.269 e. The number of nitrogens with zero attached hydrogens (tertiary/aromatic N) is 2. The van der Waals surface area contributed by atoms with Crippen molar-refractivity contribution in [2.75, 3.05) is 0 Å². The second-order valence-corrected chi connectivity index (χ2v) is 3.92. The molecule has 94 valence electrons. The number of aromatic amines is 1. The van der Waals surface area contributed by atoms with Crippen LogP contribution in [-0.2, 0) is 0 Å². The van der Waals surface area contributed by atoms with Crippen LogP contribution in [0.15, 0.2) is 30.5 Å². The molecule has 0 unspecified atom stereocenters. The van der Waals surface area contributed by atoms with E-state index in [9.17, 15) is 14.9 Å². The van der Waals surface area contributed by atoms with Crippen LogP contribution in [0.2, 0.25) is 0 Å². The highest BCUT2D eigenvalue weighted by Gasteiger charge is 2.17. The van der Waals surface area contributed by atoms with Gasteiger partial charge >= 0.3 is 0 Å². The van der Waals surface area contributed by atoms with Crippen LogP contribution in [0.5, 0.6) is 0 Å². The number of benzene rings is 1. The Morgan fingerprint density at radius 3 is 2.47 bits per heavy atom. The summed E-state index contributed by atoms with van der Waals surface area (Å²) in [6.07, 6.45) is 1.47. The third kappa shape index (κ3) is 2.21. The third-order valence-electron chi connectivity index (χ3n) is 2.74. The van der Waals surface area contributed by atoms with Crippen LogP contribution in [0.25, 0.3) is 11.1 Å². The van der Waals surface area contributed by atoms with E-state index in [0.717, 1.165) is 0 Å². The van der Waals surface area contributed by atoms with Gasteiger partial charge in [0.05, 0.1) is 4.92 Å². The van der Waals surface area contributed by atoms with E-state index in [1.807, 2.05) is 6.07 Å². The first-order chi connectivity index (χ1) is 9.04. The van der Waals surface area contributed by atoms with Crippen molar-refractivity contribution in [3.63, 3.8) is 0 Å². The normalized spacial score (nSPS) is 9.89. The molecule has 1 aromatic carbocycles. The van der Waals surface area contributed by atoms with E-state index in [2.05, 4.69) is 4.98 Å². The quantitative estimate of drug-likeness (QED) is 0.517. The summed E-state index contributed by atoms with van der Waals surface area (Å²) in [6, 6.07) is 7.69. The molecule has 2 rings (SSSR count). The van der Waals surface area contributed by atoms with Crippen molar-refractivity contribution in [2.24, 2.45) is 0 Å². The summed E-state index contributed by atoms with van der Waals surface area (Å²) >= 11 is 0. The minimum atomic E-state index is -0.502. The van der Waals surface area contributed by atoms with Crippen molar-refractivity contribution in [2.45, 2.75) is 6.92 Å². The standard InChI is InChI=1S/C13H9N3O3/c1-8(17)11-7-15-12(6-14)13(11)9-2-4-10(5-3-9)16(18)19/h2-5,7,15H,1H3. The van der Waals surface area contributed by atoms with Crippen LogP contribution in [-0.4, -0.2) is 15.7 Å². The monoisotopic (exact) mass is 255 g/mol. The van der Waals surface area contributed by atoms with Gasteiger partial charge in [-0.3, -0.25) is 14.9 Å². The Hall–Kier alpha value is -2.94. The summed E-state index contributed by atoms with van der Waals surface area (Å²) in [5.74, 6) is -0.175. The average Bonchev–Trinajstić information content (AvgIpc) is 2.82. The highest BCUT2D eigenvalue weighted by molar-refractivity contribution is 6.02. The average molecular weight is 255 g/mol. The lowest BCUT2D eigenvalue weighted by molar-refractivity contribution is -0.384.